The molecule has 0 aliphatic carbocycles. The molecule has 0 bridgehead atoms. The van der Waals surface area contributed by atoms with Gasteiger partial charge in [0.2, 0.25) is 0 Å². The minimum Gasteiger partial charge on any atom is -0.496 e. The van der Waals surface area contributed by atoms with Crippen molar-refractivity contribution in [2.75, 3.05) is 7.11 Å². The Kier molecular flexibility index (Phi) is 3.28. The van der Waals surface area contributed by atoms with Crippen molar-refractivity contribution in [3.05, 3.63) is 54.1 Å². The molecule has 0 aliphatic heterocycles. The normalized spacial score (nSPS) is 10.6. The number of hydrogen-bond acceptors (Lipinski definition) is 3. The predicted molar refractivity (Wildman–Crippen MR) is 64.0 cm³/mol. The Morgan fingerprint density at radius 1 is 1.12 bits per heavy atom. The molecular weight excluding hydrogens is 200 g/mol. The van der Waals surface area contributed by atoms with Gasteiger partial charge in [0.15, 0.2) is 0 Å². The molecule has 0 aliphatic rings. The summed E-state index contributed by atoms with van der Waals surface area (Å²) >= 11 is 0. The fraction of sp³-hybridized carbons (Fsp3) is 0.0769. The molecular formula is C13H12N2O. The topological polar surface area (TPSA) is 35.0 Å². The second-order valence-electron chi connectivity index (χ2n) is 3.21. The summed E-state index contributed by atoms with van der Waals surface area (Å²) in [6.07, 6.45) is 7.15. The number of hydrogen-bond donors (Lipinski definition) is 0. The molecule has 0 spiro atoms. The fourth-order valence-electron chi connectivity index (χ4n) is 1.38. The van der Waals surface area contributed by atoms with Crippen molar-refractivity contribution in [3.8, 4) is 5.75 Å². The molecule has 3 nitrogen and oxygen atoms in total. The van der Waals surface area contributed by atoms with Crippen molar-refractivity contribution in [1.29, 1.82) is 0 Å². The van der Waals surface area contributed by atoms with Crippen molar-refractivity contribution in [2.45, 2.75) is 0 Å². The minimum atomic E-state index is 0.854. The first-order valence-electron chi connectivity index (χ1n) is 4.97. The van der Waals surface area contributed by atoms with E-state index in [1.807, 2.05) is 42.5 Å². The van der Waals surface area contributed by atoms with Crippen LogP contribution in [0.5, 0.6) is 5.75 Å². The van der Waals surface area contributed by atoms with Crippen LogP contribution < -0.4 is 4.74 Å². The SMILES string of the molecule is COc1ccccc1/C=C/c1ccncn1. The van der Waals surface area contributed by atoms with Crippen LogP contribution in [0.15, 0.2) is 42.9 Å². The third-order valence-electron chi connectivity index (χ3n) is 2.18. The van der Waals surface area contributed by atoms with Crippen LogP contribution in [0.3, 0.4) is 0 Å². The highest BCUT2D eigenvalue weighted by Gasteiger charge is 1.96. The average molecular weight is 212 g/mol. The Hall–Kier alpha value is -2.16. The monoisotopic (exact) mass is 212 g/mol. The lowest BCUT2D eigenvalue weighted by Crippen LogP contribution is -1.86. The van der Waals surface area contributed by atoms with Crippen LogP contribution in [0.2, 0.25) is 0 Å². The first kappa shape index (κ1) is 10.4. The third kappa shape index (κ3) is 2.45. The van der Waals surface area contributed by atoms with E-state index in [0.717, 1.165) is 17.0 Å². The Morgan fingerprint density at radius 3 is 2.75 bits per heavy atom. The maximum atomic E-state index is 5.25. The van der Waals surface area contributed by atoms with Crippen molar-refractivity contribution >= 4 is 12.2 Å². The van der Waals surface area contributed by atoms with Gasteiger partial charge in [-0.2, -0.15) is 0 Å². The quantitative estimate of drug-likeness (QED) is 0.784. The number of benzene rings is 1. The molecule has 1 aromatic heterocycles. The first-order valence-corrected chi connectivity index (χ1v) is 4.97. The van der Waals surface area contributed by atoms with Gasteiger partial charge in [-0.15, -0.1) is 0 Å². The van der Waals surface area contributed by atoms with Gasteiger partial charge in [-0.1, -0.05) is 18.2 Å². The van der Waals surface area contributed by atoms with Gasteiger partial charge in [0.1, 0.15) is 12.1 Å². The minimum absolute atomic E-state index is 0.854. The molecule has 0 saturated heterocycles. The summed E-state index contributed by atoms with van der Waals surface area (Å²) < 4.78 is 5.25. The van der Waals surface area contributed by atoms with Crippen LogP contribution in [0.4, 0.5) is 0 Å². The Balaban J connectivity index is 2.24. The molecule has 2 aromatic rings. The molecule has 0 N–H and O–H groups in total. The molecule has 0 unspecified atom stereocenters. The summed E-state index contributed by atoms with van der Waals surface area (Å²) in [5.74, 6) is 0.854. The third-order valence-corrected chi connectivity index (χ3v) is 2.18. The lowest BCUT2D eigenvalue weighted by atomic mass is 10.2. The summed E-state index contributed by atoms with van der Waals surface area (Å²) in [6.45, 7) is 0. The Bertz CT molecular complexity index is 480. The number of nitrogens with zero attached hydrogens (tertiary/aromatic N) is 2. The van der Waals surface area contributed by atoms with Gasteiger partial charge in [0, 0.05) is 11.8 Å². The molecule has 0 radical (unpaired) electrons. The standard InChI is InChI=1S/C13H12N2O/c1-16-13-5-3-2-4-11(13)6-7-12-8-9-14-10-15-12/h2-10H,1H3/b7-6+. The number of aromatic nitrogens is 2. The van der Waals surface area contributed by atoms with E-state index in [1.54, 1.807) is 13.3 Å². The zero-order valence-corrected chi connectivity index (χ0v) is 9.00. The van der Waals surface area contributed by atoms with Gasteiger partial charge in [-0.25, -0.2) is 9.97 Å². The van der Waals surface area contributed by atoms with Crippen LogP contribution in [0, 0.1) is 0 Å². The largest absolute Gasteiger partial charge is 0.496 e. The highest BCUT2D eigenvalue weighted by atomic mass is 16.5. The molecule has 80 valence electrons. The molecule has 0 amide bonds. The van der Waals surface area contributed by atoms with Crippen LogP contribution in [0.25, 0.3) is 12.2 Å². The van der Waals surface area contributed by atoms with Crippen molar-refractivity contribution in [3.63, 3.8) is 0 Å². The molecule has 3 heteroatoms. The molecule has 0 fully saturated rings. The van der Waals surface area contributed by atoms with Crippen molar-refractivity contribution in [1.82, 2.24) is 9.97 Å². The van der Waals surface area contributed by atoms with Crippen LogP contribution in [-0.2, 0) is 0 Å². The van der Waals surface area contributed by atoms with Crippen molar-refractivity contribution in [2.24, 2.45) is 0 Å². The van der Waals surface area contributed by atoms with Crippen LogP contribution >= 0.6 is 0 Å². The Morgan fingerprint density at radius 2 is 2.00 bits per heavy atom. The number of methoxy groups -OCH3 is 1. The number of ether oxygens (including phenoxy) is 1. The van der Waals surface area contributed by atoms with Crippen molar-refractivity contribution < 1.29 is 4.74 Å². The Labute approximate surface area is 94.4 Å². The van der Waals surface area contributed by atoms with Crippen LogP contribution in [-0.4, -0.2) is 17.1 Å². The van der Waals surface area contributed by atoms with Gasteiger partial charge in [0.05, 0.1) is 12.8 Å². The maximum Gasteiger partial charge on any atom is 0.126 e. The van der Waals surface area contributed by atoms with Gasteiger partial charge in [-0.05, 0) is 24.3 Å². The smallest absolute Gasteiger partial charge is 0.126 e. The van der Waals surface area contributed by atoms with E-state index in [2.05, 4.69) is 9.97 Å². The summed E-state index contributed by atoms with van der Waals surface area (Å²) in [7, 11) is 1.66. The number of para-hydroxylation sites is 1. The molecule has 0 saturated carbocycles. The van der Waals surface area contributed by atoms with E-state index < -0.39 is 0 Å². The maximum absolute atomic E-state index is 5.25. The van der Waals surface area contributed by atoms with E-state index in [4.69, 9.17) is 4.74 Å². The molecule has 2 rings (SSSR count). The van der Waals surface area contributed by atoms with Crippen LogP contribution in [0.1, 0.15) is 11.3 Å². The van der Waals surface area contributed by atoms with E-state index in [0.29, 0.717) is 0 Å². The zero-order valence-electron chi connectivity index (χ0n) is 9.00. The van der Waals surface area contributed by atoms with Gasteiger partial charge >= 0.3 is 0 Å². The first-order chi connectivity index (χ1) is 7.90. The lowest BCUT2D eigenvalue weighted by molar-refractivity contribution is 0.414. The highest BCUT2D eigenvalue weighted by molar-refractivity contribution is 5.71. The highest BCUT2D eigenvalue weighted by Crippen LogP contribution is 2.19. The lowest BCUT2D eigenvalue weighted by Gasteiger charge is -2.02. The van der Waals surface area contributed by atoms with Gasteiger partial charge < -0.3 is 4.74 Å². The summed E-state index contributed by atoms with van der Waals surface area (Å²) in [5.41, 5.74) is 1.91. The summed E-state index contributed by atoms with van der Waals surface area (Å²) in [6, 6.07) is 9.70. The van der Waals surface area contributed by atoms with E-state index in [1.165, 1.54) is 6.33 Å². The van der Waals surface area contributed by atoms with Gasteiger partial charge in [-0.3, -0.25) is 0 Å². The molecule has 1 heterocycles. The number of rotatable bonds is 3. The fourth-order valence-corrected chi connectivity index (χ4v) is 1.38. The summed E-state index contributed by atoms with van der Waals surface area (Å²) in [4.78, 5) is 7.97. The molecule has 16 heavy (non-hydrogen) atoms. The second-order valence-corrected chi connectivity index (χ2v) is 3.21. The molecule has 0 atom stereocenters. The summed E-state index contributed by atoms with van der Waals surface area (Å²) in [5, 5.41) is 0. The van der Waals surface area contributed by atoms with E-state index in [9.17, 15) is 0 Å². The van der Waals surface area contributed by atoms with E-state index >= 15 is 0 Å². The zero-order chi connectivity index (χ0) is 11.2. The second kappa shape index (κ2) is 5.07. The van der Waals surface area contributed by atoms with Gasteiger partial charge in [0.25, 0.3) is 0 Å². The molecule has 1 aromatic carbocycles. The average Bonchev–Trinajstić information content (AvgIpc) is 2.38. The van der Waals surface area contributed by atoms with E-state index in [-0.39, 0.29) is 0 Å². The predicted octanol–water partition coefficient (Wildman–Crippen LogP) is 2.66.